The van der Waals surface area contributed by atoms with E-state index in [0.717, 1.165) is 0 Å². The minimum Gasteiger partial charge on any atom is -0.328 e. The third-order valence-corrected chi connectivity index (χ3v) is 1.47. The van der Waals surface area contributed by atoms with Crippen LogP contribution in [0.5, 0.6) is 0 Å². The molecule has 2 N–H and O–H groups in total. The summed E-state index contributed by atoms with van der Waals surface area (Å²) in [7, 11) is 0. The average Bonchev–Trinajstić information content (AvgIpc) is 1.84. The molecule has 1 nitrogen and oxygen atoms in total. The van der Waals surface area contributed by atoms with Crippen LogP contribution in [0.3, 0.4) is 0 Å². The van der Waals surface area contributed by atoms with Gasteiger partial charge in [0.1, 0.15) is 0 Å². The summed E-state index contributed by atoms with van der Waals surface area (Å²) in [5.41, 5.74) is 5.28. The lowest BCUT2D eigenvalue weighted by molar-refractivity contribution is -0.182. The van der Waals surface area contributed by atoms with Crippen molar-refractivity contribution >= 4 is 0 Å². The Morgan fingerprint density at radius 1 is 1.25 bits per heavy atom. The fourth-order valence-electron chi connectivity index (χ4n) is 0.783. The monoisotopic (exact) mass is 187 g/mol. The molecule has 2 atom stereocenters. The van der Waals surface area contributed by atoms with E-state index >= 15 is 0 Å². The van der Waals surface area contributed by atoms with Crippen LogP contribution in [0.15, 0.2) is 0 Å². The van der Waals surface area contributed by atoms with Crippen molar-refractivity contribution in [3.8, 4) is 0 Å². The van der Waals surface area contributed by atoms with Crippen molar-refractivity contribution in [3.05, 3.63) is 0 Å². The zero-order valence-corrected chi connectivity index (χ0v) is 6.87. The maximum absolute atomic E-state index is 12.2. The van der Waals surface area contributed by atoms with Crippen molar-refractivity contribution in [1.29, 1.82) is 0 Å². The van der Waals surface area contributed by atoms with Crippen molar-refractivity contribution < 1.29 is 17.6 Å². The summed E-state index contributed by atoms with van der Waals surface area (Å²) in [6, 6.07) is -0.162. The van der Waals surface area contributed by atoms with Crippen LogP contribution in [0.2, 0.25) is 0 Å². The molecule has 0 rings (SSSR count). The largest absolute Gasteiger partial charge is 0.419 e. The molecule has 2 unspecified atom stereocenters. The van der Waals surface area contributed by atoms with E-state index in [4.69, 9.17) is 5.73 Å². The molecule has 0 saturated heterocycles. The Bertz CT molecular complexity index is 121. The molecular formula is C7H13F4N. The van der Waals surface area contributed by atoms with Gasteiger partial charge in [-0.2, -0.15) is 13.2 Å². The average molecular weight is 187 g/mol. The molecule has 0 bridgehead atoms. The molecule has 0 aromatic heterocycles. The molecule has 0 aromatic carbocycles. The van der Waals surface area contributed by atoms with E-state index in [2.05, 4.69) is 0 Å². The number of halogens is 4. The smallest absolute Gasteiger partial charge is 0.328 e. The first-order chi connectivity index (χ1) is 5.34. The standard InChI is InChI=1S/C7H13F4N/c1-5(12)3-2-4-6(8)7(9,10)11/h5-6H,2-4,12H2,1H3. The van der Waals surface area contributed by atoms with Crippen LogP contribution in [-0.4, -0.2) is 18.4 Å². The predicted molar refractivity (Wildman–Crippen MR) is 38.5 cm³/mol. The van der Waals surface area contributed by atoms with E-state index in [1.54, 1.807) is 6.92 Å². The van der Waals surface area contributed by atoms with Gasteiger partial charge in [0.2, 0.25) is 0 Å². The summed E-state index contributed by atoms with van der Waals surface area (Å²) in [4.78, 5) is 0. The Morgan fingerprint density at radius 2 is 1.75 bits per heavy atom. The van der Waals surface area contributed by atoms with Gasteiger partial charge in [-0.05, 0) is 26.2 Å². The van der Waals surface area contributed by atoms with E-state index in [1.165, 1.54) is 0 Å². The quantitative estimate of drug-likeness (QED) is 0.672. The maximum Gasteiger partial charge on any atom is 0.419 e. The summed E-state index contributed by atoms with van der Waals surface area (Å²) in [5.74, 6) is 0. The Hall–Kier alpha value is -0.320. The molecule has 0 amide bonds. The predicted octanol–water partition coefficient (Wildman–Crippen LogP) is 2.40. The summed E-state index contributed by atoms with van der Waals surface area (Å²) < 4.78 is 46.9. The number of alkyl halides is 4. The van der Waals surface area contributed by atoms with Gasteiger partial charge in [-0.3, -0.25) is 0 Å². The highest BCUT2D eigenvalue weighted by Gasteiger charge is 2.39. The van der Waals surface area contributed by atoms with Crippen LogP contribution in [0, 0.1) is 0 Å². The minimum absolute atomic E-state index is 0.162. The van der Waals surface area contributed by atoms with Crippen molar-refractivity contribution in [2.24, 2.45) is 5.73 Å². The van der Waals surface area contributed by atoms with Gasteiger partial charge in [0, 0.05) is 6.04 Å². The molecule has 0 heterocycles. The summed E-state index contributed by atoms with van der Waals surface area (Å²) in [6.45, 7) is 1.68. The fraction of sp³-hybridized carbons (Fsp3) is 1.00. The first-order valence-electron chi connectivity index (χ1n) is 3.80. The van der Waals surface area contributed by atoms with Gasteiger partial charge in [0.15, 0.2) is 6.17 Å². The van der Waals surface area contributed by atoms with E-state index in [0.29, 0.717) is 6.42 Å². The molecule has 0 aromatic rings. The van der Waals surface area contributed by atoms with Crippen LogP contribution in [0.1, 0.15) is 26.2 Å². The van der Waals surface area contributed by atoms with Gasteiger partial charge in [0.05, 0.1) is 0 Å². The second-order valence-corrected chi connectivity index (χ2v) is 2.92. The second-order valence-electron chi connectivity index (χ2n) is 2.92. The van der Waals surface area contributed by atoms with E-state index in [9.17, 15) is 17.6 Å². The molecule has 5 heteroatoms. The Morgan fingerprint density at radius 3 is 2.08 bits per heavy atom. The summed E-state index contributed by atoms with van der Waals surface area (Å²) >= 11 is 0. The highest BCUT2D eigenvalue weighted by Crippen LogP contribution is 2.26. The molecule has 0 radical (unpaired) electrons. The van der Waals surface area contributed by atoms with E-state index in [-0.39, 0.29) is 12.5 Å². The van der Waals surface area contributed by atoms with Crippen molar-refractivity contribution in [2.45, 2.75) is 44.6 Å². The maximum atomic E-state index is 12.2. The Balaban J connectivity index is 3.51. The van der Waals surface area contributed by atoms with Gasteiger partial charge >= 0.3 is 6.18 Å². The lowest BCUT2D eigenvalue weighted by Gasteiger charge is -2.12. The van der Waals surface area contributed by atoms with E-state index < -0.39 is 18.8 Å². The normalized spacial score (nSPS) is 17.5. The summed E-state index contributed by atoms with van der Waals surface area (Å²) in [5, 5.41) is 0. The number of hydrogen-bond acceptors (Lipinski definition) is 1. The molecule has 0 aliphatic heterocycles. The first-order valence-corrected chi connectivity index (χ1v) is 3.80. The zero-order chi connectivity index (χ0) is 9.78. The molecule has 0 aliphatic rings. The Kier molecular flexibility index (Phi) is 4.52. The van der Waals surface area contributed by atoms with Crippen molar-refractivity contribution in [2.75, 3.05) is 0 Å². The fourth-order valence-corrected chi connectivity index (χ4v) is 0.783. The Labute approximate surface area is 68.9 Å². The molecule has 0 saturated carbocycles. The van der Waals surface area contributed by atoms with Crippen LogP contribution in [0.4, 0.5) is 17.6 Å². The van der Waals surface area contributed by atoms with Gasteiger partial charge in [-0.25, -0.2) is 4.39 Å². The molecular weight excluding hydrogens is 174 g/mol. The number of nitrogens with two attached hydrogens (primary N) is 1. The van der Waals surface area contributed by atoms with Crippen LogP contribution < -0.4 is 5.73 Å². The van der Waals surface area contributed by atoms with Gasteiger partial charge in [-0.1, -0.05) is 0 Å². The minimum atomic E-state index is -4.71. The lowest BCUT2D eigenvalue weighted by Crippen LogP contribution is -2.25. The topological polar surface area (TPSA) is 26.0 Å². The lowest BCUT2D eigenvalue weighted by atomic mass is 10.1. The zero-order valence-electron chi connectivity index (χ0n) is 6.87. The third kappa shape index (κ3) is 5.35. The van der Waals surface area contributed by atoms with Crippen LogP contribution in [-0.2, 0) is 0 Å². The molecule has 0 fully saturated rings. The van der Waals surface area contributed by atoms with Crippen molar-refractivity contribution in [1.82, 2.24) is 0 Å². The van der Waals surface area contributed by atoms with Crippen LogP contribution in [0.25, 0.3) is 0 Å². The summed E-state index contributed by atoms with van der Waals surface area (Å²) in [6.07, 6.45) is -7.28. The molecule has 0 spiro atoms. The van der Waals surface area contributed by atoms with Crippen molar-refractivity contribution in [3.63, 3.8) is 0 Å². The highest BCUT2D eigenvalue weighted by molar-refractivity contribution is 4.66. The highest BCUT2D eigenvalue weighted by atomic mass is 19.4. The number of hydrogen-bond donors (Lipinski definition) is 1. The van der Waals surface area contributed by atoms with Gasteiger partial charge < -0.3 is 5.73 Å². The molecule has 74 valence electrons. The van der Waals surface area contributed by atoms with Gasteiger partial charge in [-0.15, -0.1) is 0 Å². The molecule has 12 heavy (non-hydrogen) atoms. The first kappa shape index (κ1) is 11.7. The SMILES string of the molecule is CC(N)CCCC(F)C(F)(F)F. The second kappa shape index (κ2) is 4.64. The van der Waals surface area contributed by atoms with Crippen LogP contribution >= 0.6 is 0 Å². The van der Waals surface area contributed by atoms with E-state index in [1.807, 2.05) is 0 Å². The molecule has 0 aliphatic carbocycles. The van der Waals surface area contributed by atoms with Gasteiger partial charge in [0.25, 0.3) is 0 Å². The third-order valence-electron chi connectivity index (χ3n) is 1.47. The number of rotatable bonds is 4.